The lowest BCUT2D eigenvalue weighted by molar-refractivity contribution is 0.0609. The van der Waals surface area contributed by atoms with Gasteiger partial charge in [-0.2, -0.15) is 0 Å². The summed E-state index contributed by atoms with van der Waals surface area (Å²) in [7, 11) is 0. The Labute approximate surface area is 107 Å². The van der Waals surface area contributed by atoms with E-state index < -0.39 is 0 Å². The predicted molar refractivity (Wildman–Crippen MR) is 74.1 cm³/mol. The Morgan fingerprint density at radius 1 is 1.29 bits per heavy atom. The highest BCUT2D eigenvalue weighted by molar-refractivity contribution is 4.86. The fourth-order valence-electron chi connectivity index (χ4n) is 3.08. The smallest absolute Gasteiger partial charge is 0.0471 e. The summed E-state index contributed by atoms with van der Waals surface area (Å²) < 4.78 is 5.72. The lowest BCUT2D eigenvalue weighted by Gasteiger charge is -2.40. The van der Waals surface area contributed by atoms with Gasteiger partial charge in [-0.1, -0.05) is 39.5 Å². The third kappa shape index (κ3) is 4.97. The van der Waals surface area contributed by atoms with Crippen LogP contribution in [0.2, 0.25) is 0 Å². The second-order valence-corrected chi connectivity index (χ2v) is 5.79. The maximum Gasteiger partial charge on any atom is 0.0471 e. The molecule has 17 heavy (non-hydrogen) atoms. The molecule has 1 aliphatic carbocycles. The summed E-state index contributed by atoms with van der Waals surface area (Å²) in [6, 6.07) is 0. The van der Waals surface area contributed by atoms with Gasteiger partial charge in [-0.15, -0.1) is 0 Å². The Kier molecular flexibility index (Phi) is 7.14. The summed E-state index contributed by atoms with van der Waals surface area (Å²) in [5.41, 5.74) is 6.43. The lowest BCUT2D eigenvalue weighted by atomic mass is 9.67. The van der Waals surface area contributed by atoms with Crippen LogP contribution in [0, 0.1) is 11.3 Å². The number of nitrogens with two attached hydrogens (primary N) is 1. The van der Waals surface area contributed by atoms with Crippen LogP contribution in [0.3, 0.4) is 0 Å². The highest BCUT2D eigenvalue weighted by Gasteiger charge is 2.34. The van der Waals surface area contributed by atoms with E-state index >= 15 is 0 Å². The van der Waals surface area contributed by atoms with Crippen molar-refractivity contribution in [3.63, 3.8) is 0 Å². The molecule has 1 fully saturated rings. The summed E-state index contributed by atoms with van der Waals surface area (Å²) in [5, 5.41) is 0. The lowest BCUT2D eigenvalue weighted by Crippen LogP contribution is -2.37. The highest BCUT2D eigenvalue weighted by Crippen LogP contribution is 2.42. The molecule has 0 spiro atoms. The molecule has 2 N–H and O–H groups in total. The quantitative estimate of drug-likeness (QED) is 0.657. The van der Waals surface area contributed by atoms with Gasteiger partial charge in [0.2, 0.25) is 0 Å². The SMILES string of the molecule is CCCCOCCC1(CN)CCCC(CC)C1. The molecular weight excluding hydrogens is 210 g/mol. The van der Waals surface area contributed by atoms with Crippen molar-refractivity contribution in [1.82, 2.24) is 0 Å². The van der Waals surface area contributed by atoms with Crippen LogP contribution in [-0.4, -0.2) is 19.8 Å². The molecule has 2 atom stereocenters. The minimum atomic E-state index is 0.394. The maximum absolute atomic E-state index is 6.04. The van der Waals surface area contributed by atoms with Crippen molar-refractivity contribution in [2.24, 2.45) is 17.1 Å². The van der Waals surface area contributed by atoms with Crippen molar-refractivity contribution in [3.8, 4) is 0 Å². The van der Waals surface area contributed by atoms with E-state index in [-0.39, 0.29) is 0 Å². The van der Waals surface area contributed by atoms with Crippen molar-refractivity contribution in [2.75, 3.05) is 19.8 Å². The normalized spacial score (nSPS) is 29.5. The summed E-state index contributed by atoms with van der Waals surface area (Å²) in [4.78, 5) is 0. The summed E-state index contributed by atoms with van der Waals surface area (Å²) in [5.74, 6) is 0.906. The first-order valence-electron chi connectivity index (χ1n) is 7.54. The Morgan fingerprint density at radius 2 is 2.12 bits per heavy atom. The van der Waals surface area contributed by atoms with Crippen molar-refractivity contribution in [2.45, 2.75) is 65.2 Å². The zero-order valence-electron chi connectivity index (χ0n) is 11.8. The van der Waals surface area contributed by atoms with E-state index in [1.165, 1.54) is 51.4 Å². The first kappa shape index (κ1) is 15.0. The molecule has 0 heterocycles. The third-order valence-corrected chi connectivity index (χ3v) is 4.47. The molecule has 1 aliphatic rings. The molecule has 0 aromatic heterocycles. The fourth-order valence-corrected chi connectivity index (χ4v) is 3.08. The van der Waals surface area contributed by atoms with E-state index in [1.54, 1.807) is 0 Å². The van der Waals surface area contributed by atoms with E-state index in [0.717, 1.165) is 25.7 Å². The third-order valence-electron chi connectivity index (χ3n) is 4.47. The van der Waals surface area contributed by atoms with E-state index in [1.807, 2.05) is 0 Å². The van der Waals surface area contributed by atoms with E-state index in [2.05, 4.69) is 13.8 Å². The first-order valence-corrected chi connectivity index (χ1v) is 7.54. The Morgan fingerprint density at radius 3 is 2.76 bits per heavy atom. The van der Waals surface area contributed by atoms with Gasteiger partial charge in [0.15, 0.2) is 0 Å². The van der Waals surface area contributed by atoms with Crippen molar-refractivity contribution >= 4 is 0 Å². The molecule has 0 radical (unpaired) electrons. The zero-order chi connectivity index (χ0) is 12.6. The highest BCUT2D eigenvalue weighted by atomic mass is 16.5. The van der Waals surface area contributed by atoms with Crippen molar-refractivity contribution in [3.05, 3.63) is 0 Å². The first-order chi connectivity index (χ1) is 8.26. The number of rotatable bonds is 8. The van der Waals surface area contributed by atoms with Crippen LogP contribution >= 0.6 is 0 Å². The Balaban J connectivity index is 2.29. The van der Waals surface area contributed by atoms with Crippen LogP contribution in [0.4, 0.5) is 0 Å². The minimum absolute atomic E-state index is 0.394. The van der Waals surface area contributed by atoms with Crippen LogP contribution < -0.4 is 5.73 Å². The molecule has 0 aromatic rings. The summed E-state index contributed by atoms with van der Waals surface area (Å²) >= 11 is 0. The van der Waals surface area contributed by atoms with Crippen molar-refractivity contribution in [1.29, 1.82) is 0 Å². The molecule has 0 amide bonds. The van der Waals surface area contributed by atoms with Crippen LogP contribution in [0.1, 0.15) is 65.2 Å². The molecule has 0 saturated heterocycles. The molecule has 2 unspecified atom stereocenters. The van der Waals surface area contributed by atoms with Gasteiger partial charge >= 0.3 is 0 Å². The standard InChI is InChI=1S/C15H31NO/c1-3-5-10-17-11-9-15(13-16)8-6-7-14(4-2)12-15/h14H,3-13,16H2,1-2H3. The molecular formula is C15H31NO. The molecule has 2 nitrogen and oxygen atoms in total. The van der Waals surface area contributed by atoms with Gasteiger partial charge < -0.3 is 10.5 Å². The van der Waals surface area contributed by atoms with Gasteiger partial charge in [-0.25, -0.2) is 0 Å². The second kappa shape index (κ2) is 8.10. The van der Waals surface area contributed by atoms with E-state index in [4.69, 9.17) is 10.5 Å². The molecule has 0 bridgehead atoms. The minimum Gasteiger partial charge on any atom is -0.381 e. The number of hydrogen-bond donors (Lipinski definition) is 1. The fraction of sp³-hybridized carbons (Fsp3) is 1.00. The molecule has 102 valence electrons. The second-order valence-electron chi connectivity index (χ2n) is 5.79. The predicted octanol–water partition coefficient (Wildman–Crippen LogP) is 3.74. The zero-order valence-corrected chi connectivity index (χ0v) is 11.8. The van der Waals surface area contributed by atoms with Crippen LogP contribution in [0.5, 0.6) is 0 Å². The average molecular weight is 241 g/mol. The van der Waals surface area contributed by atoms with Crippen LogP contribution in [0.25, 0.3) is 0 Å². The van der Waals surface area contributed by atoms with Gasteiger partial charge in [0, 0.05) is 13.2 Å². The van der Waals surface area contributed by atoms with Crippen LogP contribution in [-0.2, 0) is 4.74 Å². The molecule has 0 aliphatic heterocycles. The van der Waals surface area contributed by atoms with E-state index in [9.17, 15) is 0 Å². The van der Waals surface area contributed by atoms with Gasteiger partial charge in [0.1, 0.15) is 0 Å². The number of hydrogen-bond acceptors (Lipinski definition) is 2. The van der Waals surface area contributed by atoms with E-state index in [0.29, 0.717) is 5.41 Å². The van der Waals surface area contributed by atoms with Gasteiger partial charge in [0.05, 0.1) is 0 Å². The molecule has 2 heteroatoms. The van der Waals surface area contributed by atoms with Crippen molar-refractivity contribution < 1.29 is 4.74 Å². The molecule has 0 aromatic carbocycles. The Bertz CT molecular complexity index is 195. The average Bonchev–Trinajstić information content (AvgIpc) is 2.39. The van der Waals surface area contributed by atoms with Gasteiger partial charge in [0.25, 0.3) is 0 Å². The molecule has 1 rings (SSSR count). The molecule has 1 saturated carbocycles. The largest absolute Gasteiger partial charge is 0.381 e. The van der Waals surface area contributed by atoms with Gasteiger partial charge in [-0.3, -0.25) is 0 Å². The topological polar surface area (TPSA) is 35.2 Å². The maximum atomic E-state index is 6.04. The number of unbranched alkanes of at least 4 members (excludes halogenated alkanes) is 1. The monoisotopic (exact) mass is 241 g/mol. The summed E-state index contributed by atoms with van der Waals surface area (Å²) in [6.45, 7) is 7.20. The number of ether oxygens (including phenoxy) is 1. The van der Waals surface area contributed by atoms with Gasteiger partial charge in [-0.05, 0) is 43.6 Å². The summed E-state index contributed by atoms with van der Waals surface area (Å²) in [6.07, 6.45) is 10.3. The Hall–Kier alpha value is -0.0800. The van der Waals surface area contributed by atoms with Crippen LogP contribution in [0.15, 0.2) is 0 Å².